The Hall–Kier alpha value is -3.99. The SMILES string of the molecule is Cc1cc(C#Cc2cccs2)ccc1N1C=c2ccccc2=NC1C=Cc1ccc([N+](=O)[O-])s1. The summed E-state index contributed by atoms with van der Waals surface area (Å²) >= 11 is 2.78. The van der Waals surface area contributed by atoms with Crippen LogP contribution in [0.2, 0.25) is 0 Å². The third-order valence-corrected chi connectivity index (χ3v) is 7.11. The van der Waals surface area contributed by atoms with Crippen molar-refractivity contribution in [2.75, 3.05) is 4.90 Å². The molecule has 1 atom stereocenters. The van der Waals surface area contributed by atoms with Crippen LogP contribution in [-0.2, 0) is 0 Å². The van der Waals surface area contributed by atoms with Crippen LogP contribution in [0.3, 0.4) is 0 Å². The van der Waals surface area contributed by atoms with Gasteiger partial charge in [-0.3, -0.25) is 15.1 Å². The van der Waals surface area contributed by atoms with Crippen molar-refractivity contribution >= 4 is 45.6 Å². The van der Waals surface area contributed by atoms with Crippen LogP contribution in [0.5, 0.6) is 0 Å². The standard InChI is InChI=1S/C27H19N3O2S2/c1-19-17-20(8-10-22-6-4-16-33-22)9-13-25(19)29-18-21-5-2-3-7-24(21)28-26(29)14-11-23-12-15-27(34-23)30(31)32/h2-7,9,11-18,26H,1H3. The molecule has 0 spiro atoms. The molecular formula is C27H19N3O2S2. The summed E-state index contributed by atoms with van der Waals surface area (Å²) in [6.07, 6.45) is 5.70. The number of rotatable bonds is 4. The number of anilines is 1. The first-order chi connectivity index (χ1) is 16.6. The Balaban J connectivity index is 1.50. The quantitative estimate of drug-likeness (QED) is 0.225. The molecule has 5 nitrogen and oxygen atoms in total. The number of para-hydroxylation sites is 1. The van der Waals surface area contributed by atoms with Crippen LogP contribution in [0.25, 0.3) is 12.3 Å². The summed E-state index contributed by atoms with van der Waals surface area (Å²) in [7, 11) is 0. The van der Waals surface area contributed by atoms with Crippen molar-refractivity contribution in [3.8, 4) is 11.8 Å². The predicted molar refractivity (Wildman–Crippen MR) is 139 cm³/mol. The van der Waals surface area contributed by atoms with Crippen LogP contribution in [-0.4, -0.2) is 11.1 Å². The van der Waals surface area contributed by atoms with Gasteiger partial charge in [-0.15, -0.1) is 11.3 Å². The Labute approximate surface area is 204 Å². The highest BCUT2D eigenvalue weighted by atomic mass is 32.1. The van der Waals surface area contributed by atoms with Gasteiger partial charge in [-0.2, -0.15) is 0 Å². The molecule has 1 aliphatic rings. The molecule has 1 aliphatic heterocycles. The van der Waals surface area contributed by atoms with Crippen molar-refractivity contribution in [3.63, 3.8) is 0 Å². The van der Waals surface area contributed by atoms with Gasteiger partial charge >= 0.3 is 5.00 Å². The molecule has 4 aromatic rings. The van der Waals surface area contributed by atoms with E-state index in [1.807, 2.05) is 60.0 Å². The van der Waals surface area contributed by atoms with Crippen LogP contribution >= 0.6 is 22.7 Å². The lowest BCUT2D eigenvalue weighted by atomic mass is 10.1. The van der Waals surface area contributed by atoms with Gasteiger partial charge < -0.3 is 4.90 Å². The molecule has 0 fully saturated rings. The first kappa shape index (κ1) is 21.8. The summed E-state index contributed by atoms with van der Waals surface area (Å²) in [4.78, 5) is 19.6. The number of nitro groups is 1. The highest BCUT2D eigenvalue weighted by Crippen LogP contribution is 2.28. The van der Waals surface area contributed by atoms with E-state index in [0.29, 0.717) is 0 Å². The number of hydrogen-bond donors (Lipinski definition) is 0. The first-order valence-electron chi connectivity index (χ1n) is 10.6. The molecule has 0 aliphatic carbocycles. The molecule has 0 amide bonds. The Kier molecular flexibility index (Phi) is 6.09. The molecule has 7 heteroatoms. The van der Waals surface area contributed by atoms with Crippen molar-refractivity contribution in [2.45, 2.75) is 13.1 Å². The molecule has 5 rings (SSSR count). The third-order valence-electron chi connectivity index (χ3n) is 5.32. The average Bonchev–Trinajstić information content (AvgIpc) is 3.53. The number of benzene rings is 2. The van der Waals surface area contributed by atoms with Gasteiger partial charge in [-0.25, -0.2) is 0 Å². The summed E-state index contributed by atoms with van der Waals surface area (Å²) in [5.41, 5.74) is 3.09. The van der Waals surface area contributed by atoms with Gasteiger partial charge in [-0.05, 0) is 66.4 Å². The summed E-state index contributed by atoms with van der Waals surface area (Å²) in [5, 5.41) is 15.1. The smallest absolute Gasteiger partial charge is 0.321 e. The average molecular weight is 482 g/mol. The van der Waals surface area contributed by atoms with Gasteiger partial charge in [0.15, 0.2) is 0 Å². The van der Waals surface area contributed by atoms with Gasteiger partial charge in [0.25, 0.3) is 0 Å². The second-order valence-electron chi connectivity index (χ2n) is 7.66. The van der Waals surface area contributed by atoms with Gasteiger partial charge in [0, 0.05) is 33.6 Å². The van der Waals surface area contributed by atoms with Crippen molar-refractivity contribution in [3.05, 3.63) is 120 Å². The Morgan fingerprint density at radius 3 is 2.74 bits per heavy atom. The monoisotopic (exact) mass is 481 g/mol. The lowest BCUT2D eigenvalue weighted by Crippen LogP contribution is -2.41. The molecule has 0 bridgehead atoms. The molecule has 0 radical (unpaired) electrons. The highest BCUT2D eigenvalue weighted by Gasteiger charge is 2.19. The predicted octanol–water partition coefficient (Wildman–Crippen LogP) is 5.34. The molecule has 0 N–H and O–H groups in total. The summed E-state index contributed by atoms with van der Waals surface area (Å²) in [6, 6.07) is 21.5. The molecule has 0 saturated carbocycles. The highest BCUT2D eigenvalue weighted by molar-refractivity contribution is 7.16. The molecule has 0 saturated heterocycles. The van der Waals surface area contributed by atoms with E-state index in [2.05, 4.69) is 42.0 Å². The van der Waals surface area contributed by atoms with E-state index in [0.717, 1.165) is 48.5 Å². The first-order valence-corrected chi connectivity index (χ1v) is 12.3. The summed E-state index contributed by atoms with van der Waals surface area (Å²) < 4.78 is 0. The zero-order valence-electron chi connectivity index (χ0n) is 18.2. The van der Waals surface area contributed by atoms with E-state index >= 15 is 0 Å². The van der Waals surface area contributed by atoms with E-state index in [9.17, 15) is 10.1 Å². The topological polar surface area (TPSA) is 58.7 Å². The third kappa shape index (κ3) is 4.69. The van der Waals surface area contributed by atoms with Crippen LogP contribution in [0.4, 0.5) is 10.7 Å². The molecule has 166 valence electrons. The van der Waals surface area contributed by atoms with Crippen LogP contribution in [0.1, 0.15) is 20.9 Å². The lowest BCUT2D eigenvalue weighted by Gasteiger charge is -2.29. The second-order valence-corrected chi connectivity index (χ2v) is 9.70. The lowest BCUT2D eigenvalue weighted by molar-refractivity contribution is -0.380. The Bertz CT molecular complexity index is 1570. The van der Waals surface area contributed by atoms with E-state index in [1.165, 1.54) is 6.07 Å². The normalized spacial score (nSPS) is 14.6. The molecule has 1 unspecified atom stereocenters. The molecular weight excluding hydrogens is 462 g/mol. The van der Waals surface area contributed by atoms with E-state index in [-0.39, 0.29) is 16.1 Å². The fourth-order valence-electron chi connectivity index (χ4n) is 3.71. The number of thiophene rings is 2. The zero-order valence-corrected chi connectivity index (χ0v) is 19.8. The fourth-order valence-corrected chi connectivity index (χ4v) is 5.02. The molecule has 34 heavy (non-hydrogen) atoms. The maximum absolute atomic E-state index is 11.0. The van der Waals surface area contributed by atoms with Crippen molar-refractivity contribution in [2.24, 2.45) is 4.99 Å². The molecule has 3 heterocycles. The number of nitrogens with zero attached hydrogens (tertiary/aromatic N) is 3. The van der Waals surface area contributed by atoms with Crippen molar-refractivity contribution < 1.29 is 4.92 Å². The van der Waals surface area contributed by atoms with Gasteiger partial charge in [0.05, 0.1) is 15.2 Å². The molecule has 2 aromatic carbocycles. The Morgan fingerprint density at radius 2 is 1.97 bits per heavy atom. The van der Waals surface area contributed by atoms with Crippen molar-refractivity contribution in [1.82, 2.24) is 0 Å². The van der Waals surface area contributed by atoms with Gasteiger partial charge in [0.2, 0.25) is 0 Å². The summed E-state index contributed by atoms with van der Waals surface area (Å²) in [6.45, 7) is 2.07. The minimum Gasteiger partial charge on any atom is -0.321 e. The van der Waals surface area contributed by atoms with E-state index < -0.39 is 0 Å². The van der Waals surface area contributed by atoms with E-state index in [4.69, 9.17) is 4.99 Å². The summed E-state index contributed by atoms with van der Waals surface area (Å²) in [5.74, 6) is 6.45. The maximum atomic E-state index is 11.0. The van der Waals surface area contributed by atoms with E-state index in [1.54, 1.807) is 17.4 Å². The largest absolute Gasteiger partial charge is 0.324 e. The van der Waals surface area contributed by atoms with Crippen LogP contribution in [0, 0.1) is 28.9 Å². The van der Waals surface area contributed by atoms with Crippen molar-refractivity contribution in [1.29, 1.82) is 0 Å². The second kappa shape index (κ2) is 9.48. The van der Waals surface area contributed by atoms with Crippen LogP contribution in [0.15, 0.2) is 83.2 Å². The zero-order chi connectivity index (χ0) is 23.5. The van der Waals surface area contributed by atoms with Gasteiger partial charge in [0.1, 0.15) is 6.17 Å². The minimum atomic E-state index is -0.365. The minimum absolute atomic E-state index is 0.129. The number of aryl methyl sites for hydroxylation is 1. The molecule has 2 aromatic heterocycles. The fraction of sp³-hybridized carbons (Fsp3) is 0.0741. The maximum Gasteiger partial charge on any atom is 0.324 e. The van der Waals surface area contributed by atoms with Gasteiger partial charge in [-0.1, -0.05) is 47.4 Å². The van der Waals surface area contributed by atoms with Crippen LogP contribution < -0.4 is 15.5 Å². The Morgan fingerprint density at radius 1 is 1.09 bits per heavy atom. The number of hydrogen-bond acceptors (Lipinski definition) is 6. The number of fused-ring (bicyclic) bond motifs is 1.